The second kappa shape index (κ2) is 7.05. The maximum absolute atomic E-state index is 13.5. The molecule has 28 heavy (non-hydrogen) atoms. The van der Waals surface area contributed by atoms with Crippen molar-refractivity contribution in [2.45, 2.75) is 19.4 Å². The lowest BCUT2D eigenvalue weighted by atomic mass is 9.84. The van der Waals surface area contributed by atoms with Crippen LogP contribution >= 0.6 is 0 Å². The largest absolute Gasteiger partial charge is 0.440 e. The van der Waals surface area contributed by atoms with Crippen LogP contribution in [-0.2, 0) is 6.54 Å². The minimum Gasteiger partial charge on any atom is -0.440 e. The number of allylic oxidation sites excluding steroid dienone is 1. The Balaban J connectivity index is 1.93. The van der Waals surface area contributed by atoms with E-state index in [1.54, 1.807) is 23.0 Å². The van der Waals surface area contributed by atoms with E-state index in [4.69, 9.17) is 10.5 Å². The fourth-order valence-electron chi connectivity index (χ4n) is 3.54. The fraction of sp³-hybridized carbons (Fsp3) is 0.136. The first kappa shape index (κ1) is 17.6. The predicted molar refractivity (Wildman–Crippen MR) is 105 cm³/mol. The van der Waals surface area contributed by atoms with Gasteiger partial charge < -0.3 is 15.0 Å². The minimum absolute atomic E-state index is 0.0349. The number of fused-ring (bicyclic) bond motifs is 1. The van der Waals surface area contributed by atoms with Crippen molar-refractivity contribution < 1.29 is 4.74 Å². The van der Waals surface area contributed by atoms with Gasteiger partial charge in [0, 0.05) is 24.2 Å². The number of benzene rings is 1. The van der Waals surface area contributed by atoms with Crippen LogP contribution < -0.4 is 16.0 Å². The average Bonchev–Trinajstić information content (AvgIpc) is 2.71. The quantitative estimate of drug-likeness (QED) is 0.765. The molecule has 0 spiro atoms. The maximum atomic E-state index is 13.5. The zero-order valence-corrected chi connectivity index (χ0v) is 15.3. The van der Waals surface area contributed by atoms with Crippen LogP contribution in [0.15, 0.2) is 77.2 Å². The van der Waals surface area contributed by atoms with Gasteiger partial charge in [-0.25, -0.2) is 0 Å². The summed E-state index contributed by atoms with van der Waals surface area (Å²) < 4.78 is 7.34. The van der Waals surface area contributed by atoms with E-state index in [2.05, 4.69) is 11.1 Å². The van der Waals surface area contributed by atoms with E-state index < -0.39 is 5.92 Å². The highest BCUT2D eigenvalue weighted by Gasteiger charge is 2.34. The monoisotopic (exact) mass is 370 g/mol. The Kier molecular flexibility index (Phi) is 4.42. The molecule has 4 rings (SSSR count). The molecule has 1 atom stereocenters. The molecule has 3 aromatic rings. The molecule has 0 amide bonds. The molecule has 0 bridgehead atoms. The van der Waals surface area contributed by atoms with Gasteiger partial charge in [-0.15, -0.1) is 0 Å². The Morgan fingerprint density at radius 3 is 2.71 bits per heavy atom. The van der Waals surface area contributed by atoms with E-state index in [0.717, 1.165) is 16.8 Å². The lowest BCUT2D eigenvalue weighted by molar-refractivity contribution is 0.389. The highest BCUT2D eigenvalue weighted by molar-refractivity contribution is 5.55. The molecule has 6 nitrogen and oxygen atoms in total. The molecule has 6 heteroatoms. The molecule has 1 aromatic carbocycles. The van der Waals surface area contributed by atoms with Gasteiger partial charge >= 0.3 is 0 Å². The SMILES string of the molecule is Cc1cc2c(c(=O)n1Cc1cccnc1)[C@H](c1ccccc1)C(C#N)=C(N)O2. The number of nitrogens with zero attached hydrogens (tertiary/aromatic N) is 3. The zero-order valence-electron chi connectivity index (χ0n) is 15.3. The maximum Gasteiger partial charge on any atom is 0.259 e. The van der Waals surface area contributed by atoms with Crippen molar-refractivity contribution in [1.82, 2.24) is 9.55 Å². The van der Waals surface area contributed by atoms with Crippen molar-refractivity contribution in [1.29, 1.82) is 5.26 Å². The number of rotatable bonds is 3. The number of nitrogens with two attached hydrogens (primary N) is 1. The topological polar surface area (TPSA) is 93.9 Å². The molecule has 0 radical (unpaired) electrons. The van der Waals surface area contributed by atoms with Crippen molar-refractivity contribution >= 4 is 0 Å². The predicted octanol–water partition coefficient (Wildman–Crippen LogP) is 2.82. The van der Waals surface area contributed by atoms with Crippen LogP contribution in [-0.4, -0.2) is 9.55 Å². The summed E-state index contributed by atoms with van der Waals surface area (Å²) in [6.45, 7) is 2.23. The first-order chi connectivity index (χ1) is 13.6. The van der Waals surface area contributed by atoms with Gasteiger partial charge in [-0.05, 0) is 24.1 Å². The van der Waals surface area contributed by atoms with Crippen molar-refractivity contribution in [3.05, 3.63) is 105 Å². The summed E-state index contributed by atoms with van der Waals surface area (Å²) >= 11 is 0. The van der Waals surface area contributed by atoms with Crippen molar-refractivity contribution in [2.75, 3.05) is 0 Å². The van der Waals surface area contributed by atoms with Gasteiger partial charge in [0.1, 0.15) is 17.4 Å². The molecular weight excluding hydrogens is 352 g/mol. The van der Waals surface area contributed by atoms with Crippen molar-refractivity contribution in [3.63, 3.8) is 0 Å². The Morgan fingerprint density at radius 2 is 2.04 bits per heavy atom. The number of pyridine rings is 2. The first-order valence-corrected chi connectivity index (χ1v) is 8.86. The highest BCUT2D eigenvalue weighted by atomic mass is 16.5. The highest BCUT2D eigenvalue weighted by Crippen LogP contribution is 2.40. The normalized spacial score (nSPS) is 15.5. The van der Waals surface area contributed by atoms with Crippen LogP contribution in [0.25, 0.3) is 0 Å². The van der Waals surface area contributed by atoms with E-state index in [0.29, 0.717) is 17.9 Å². The van der Waals surface area contributed by atoms with E-state index in [1.165, 1.54) is 0 Å². The van der Waals surface area contributed by atoms with Crippen LogP contribution in [0.1, 0.15) is 28.3 Å². The number of aryl methyl sites for hydroxylation is 1. The molecule has 2 N–H and O–H groups in total. The summed E-state index contributed by atoms with van der Waals surface area (Å²) in [7, 11) is 0. The Hall–Kier alpha value is -3.85. The van der Waals surface area contributed by atoms with Crippen molar-refractivity contribution in [2.24, 2.45) is 5.73 Å². The second-order valence-corrected chi connectivity index (χ2v) is 6.65. The summed E-state index contributed by atoms with van der Waals surface area (Å²) in [5, 5.41) is 9.68. The second-order valence-electron chi connectivity index (χ2n) is 6.65. The van der Waals surface area contributed by atoms with Gasteiger partial charge in [0.2, 0.25) is 5.88 Å². The average molecular weight is 370 g/mol. The Bertz CT molecular complexity index is 1160. The summed E-state index contributed by atoms with van der Waals surface area (Å²) in [5.41, 5.74) is 8.95. The van der Waals surface area contributed by atoms with Gasteiger partial charge in [0.25, 0.3) is 5.56 Å². The number of ether oxygens (including phenoxy) is 1. The summed E-state index contributed by atoms with van der Waals surface area (Å²) in [6, 6.07) is 17.1. The molecule has 1 aliphatic heterocycles. The molecule has 1 aliphatic rings. The molecule has 2 aromatic heterocycles. The van der Waals surface area contributed by atoms with Gasteiger partial charge in [-0.2, -0.15) is 5.26 Å². The molecule has 0 saturated carbocycles. The van der Waals surface area contributed by atoms with E-state index >= 15 is 0 Å². The molecule has 0 saturated heterocycles. The van der Waals surface area contributed by atoms with Crippen LogP contribution in [0.4, 0.5) is 0 Å². The van der Waals surface area contributed by atoms with Crippen LogP contribution in [0, 0.1) is 18.3 Å². The number of aromatic nitrogens is 2. The van der Waals surface area contributed by atoms with E-state index in [1.807, 2.05) is 49.4 Å². The van der Waals surface area contributed by atoms with Gasteiger partial charge in [0.05, 0.1) is 18.0 Å². The number of nitriles is 1. The molecule has 0 unspecified atom stereocenters. The smallest absolute Gasteiger partial charge is 0.259 e. The van der Waals surface area contributed by atoms with Crippen LogP contribution in [0.2, 0.25) is 0 Å². The standard InChI is InChI=1S/C22H18N4O2/c1-14-10-18-20(22(27)26(14)13-15-6-5-9-25-12-15)19(16-7-3-2-4-8-16)17(11-23)21(24)28-18/h2-10,12,19H,13,24H2,1H3/t19-/m1/s1. The number of hydrogen-bond donors (Lipinski definition) is 1. The van der Waals surface area contributed by atoms with Crippen LogP contribution in [0.5, 0.6) is 5.75 Å². The first-order valence-electron chi connectivity index (χ1n) is 8.86. The fourth-order valence-corrected chi connectivity index (χ4v) is 3.54. The molecule has 138 valence electrons. The lowest BCUT2D eigenvalue weighted by Gasteiger charge is -2.27. The third-order valence-electron chi connectivity index (χ3n) is 4.89. The minimum atomic E-state index is -0.566. The van der Waals surface area contributed by atoms with E-state index in [9.17, 15) is 10.1 Å². The molecule has 3 heterocycles. The van der Waals surface area contributed by atoms with Gasteiger partial charge in [-0.3, -0.25) is 9.78 Å². The molecule has 0 fully saturated rings. The van der Waals surface area contributed by atoms with Crippen molar-refractivity contribution in [3.8, 4) is 11.8 Å². The Morgan fingerprint density at radius 1 is 1.25 bits per heavy atom. The van der Waals surface area contributed by atoms with Gasteiger partial charge in [-0.1, -0.05) is 36.4 Å². The molecular formula is C22H18N4O2. The van der Waals surface area contributed by atoms with Gasteiger partial charge in [0.15, 0.2) is 0 Å². The third kappa shape index (κ3) is 2.93. The summed E-state index contributed by atoms with van der Waals surface area (Å²) in [6.07, 6.45) is 3.42. The Labute approximate surface area is 162 Å². The third-order valence-corrected chi connectivity index (χ3v) is 4.89. The van der Waals surface area contributed by atoms with E-state index in [-0.39, 0.29) is 17.0 Å². The number of hydrogen-bond acceptors (Lipinski definition) is 5. The molecule has 0 aliphatic carbocycles. The lowest BCUT2D eigenvalue weighted by Crippen LogP contribution is -2.33. The zero-order chi connectivity index (χ0) is 19.7. The summed E-state index contributed by atoms with van der Waals surface area (Å²) in [5.74, 6) is -0.133. The summed E-state index contributed by atoms with van der Waals surface area (Å²) in [4.78, 5) is 17.6. The van der Waals surface area contributed by atoms with Crippen LogP contribution in [0.3, 0.4) is 0 Å².